The molecule has 0 aromatic carbocycles. The van der Waals surface area contributed by atoms with E-state index in [-0.39, 0.29) is 3.91 Å². The third kappa shape index (κ3) is 1.56. The zero-order valence-corrected chi connectivity index (χ0v) is 7.81. The van der Waals surface area contributed by atoms with Crippen LogP contribution in [0.15, 0.2) is 0 Å². The van der Waals surface area contributed by atoms with Crippen LogP contribution in [-0.2, 0) is 0 Å². The molecule has 0 aromatic rings. The third-order valence-corrected chi connectivity index (χ3v) is 2.17. The highest BCUT2D eigenvalue weighted by molar-refractivity contribution is 14.1. The Labute approximate surface area is 68.7 Å². The zero-order chi connectivity index (χ0) is 7.07. The fourth-order valence-corrected chi connectivity index (χ4v) is 1.45. The highest BCUT2D eigenvalue weighted by atomic mass is 127. The summed E-state index contributed by atoms with van der Waals surface area (Å²) < 4.78 is 0.173. The predicted octanol–water partition coefficient (Wildman–Crippen LogP) is 1.88. The van der Waals surface area contributed by atoms with Gasteiger partial charge in [0.05, 0.1) is 0 Å². The quantitative estimate of drug-likeness (QED) is 0.359. The van der Waals surface area contributed by atoms with Crippen molar-refractivity contribution in [3.05, 3.63) is 0 Å². The monoisotopic (exact) mass is 239 g/mol. The lowest BCUT2D eigenvalue weighted by atomic mass is 9.85. The number of likely N-dealkylation sites (tertiary alicyclic amines) is 1. The summed E-state index contributed by atoms with van der Waals surface area (Å²) in [5, 5.41) is 0. The van der Waals surface area contributed by atoms with Crippen LogP contribution in [0.3, 0.4) is 0 Å². The summed E-state index contributed by atoms with van der Waals surface area (Å²) in [4.78, 5) is 12.5. The molecule has 0 unspecified atom stereocenters. The second-order valence-electron chi connectivity index (χ2n) is 3.27. The maximum Gasteiger partial charge on any atom is 0.283 e. The summed E-state index contributed by atoms with van der Waals surface area (Å²) in [6.07, 6.45) is 0. The molecule has 0 bridgehead atoms. The van der Waals surface area contributed by atoms with Gasteiger partial charge in [-0.25, -0.2) is 0 Å². The molecule has 1 amide bonds. The Morgan fingerprint density at radius 1 is 1.56 bits per heavy atom. The molecule has 0 saturated carbocycles. The normalized spacial score (nSPS) is 23.2. The lowest BCUT2D eigenvalue weighted by Gasteiger charge is -2.44. The highest BCUT2D eigenvalue weighted by Crippen LogP contribution is 2.29. The van der Waals surface area contributed by atoms with E-state index in [1.807, 2.05) is 27.5 Å². The van der Waals surface area contributed by atoms with Gasteiger partial charge in [0.25, 0.3) is 3.91 Å². The molecule has 52 valence electrons. The Balaban J connectivity index is 2.35. The van der Waals surface area contributed by atoms with Crippen molar-refractivity contribution in [3.8, 4) is 0 Å². The van der Waals surface area contributed by atoms with Gasteiger partial charge < -0.3 is 4.90 Å². The Hall–Kier alpha value is 0.200. The minimum atomic E-state index is 0.173. The molecule has 1 saturated heterocycles. The number of amides is 1. The topological polar surface area (TPSA) is 20.3 Å². The lowest BCUT2D eigenvalue weighted by molar-refractivity contribution is 0.0769. The molecular weight excluding hydrogens is 229 g/mol. The third-order valence-electron chi connectivity index (χ3n) is 1.49. The van der Waals surface area contributed by atoms with E-state index in [0.29, 0.717) is 5.41 Å². The van der Waals surface area contributed by atoms with Crippen molar-refractivity contribution in [2.75, 3.05) is 13.1 Å². The first kappa shape index (κ1) is 7.31. The number of hydrogen-bond acceptors (Lipinski definition) is 1. The molecule has 0 radical (unpaired) electrons. The average molecular weight is 239 g/mol. The van der Waals surface area contributed by atoms with Gasteiger partial charge in [-0.2, -0.15) is 0 Å². The Morgan fingerprint density at radius 3 is 2.11 bits per heavy atom. The van der Waals surface area contributed by atoms with Crippen LogP contribution in [0.5, 0.6) is 0 Å². The number of nitrogens with zero attached hydrogens (tertiary/aromatic N) is 1. The van der Waals surface area contributed by atoms with Crippen LogP contribution < -0.4 is 0 Å². The fraction of sp³-hybridized carbons (Fsp3) is 0.833. The highest BCUT2D eigenvalue weighted by Gasteiger charge is 2.35. The first-order chi connectivity index (χ1) is 4.01. The number of carbonyl (C=O) groups is 1. The van der Waals surface area contributed by atoms with Gasteiger partial charge >= 0.3 is 0 Å². The molecule has 0 atom stereocenters. The van der Waals surface area contributed by atoms with Crippen molar-refractivity contribution >= 4 is 26.5 Å². The van der Waals surface area contributed by atoms with E-state index in [1.54, 1.807) is 0 Å². The lowest BCUT2D eigenvalue weighted by Crippen LogP contribution is -2.53. The van der Waals surface area contributed by atoms with Crippen molar-refractivity contribution in [2.45, 2.75) is 13.8 Å². The van der Waals surface area contributed by atoms with Gasteiger partial charge in [-0.15, -0.1) is 0 Å². The van der Waals surface area contributed by atoms with Crippen LogP contribution in [0.2, 0.25) is 0 Å². The number of halogens is 1. The Bertz CT molecular complexity index is 136. The summed E-state index contributed by atoms with van der Waals surface area (Å²) >= 11 is 1.82. The van der Waals surface area contributed by atoms with Gasteiger partial charge in [0.15, 0.2) is 0 Å². The fourth-order valence-electron chi connectivity index (χ4n) is 1.11. The molecule has 0 aliphatic carbocycles. The Kier molecular flexibility index (Phi) is 1.71. The van der Waals surface area contributed by atoms with Crippen molar-refractivity contribution in [1.82, 2.24) is 4.90 Å². The van der Waals surface area contributed by atoms with E-state index in [0.717, 1.165) is 13.1 Å². The molecule has 0 spiro atoms. The van der Waals surface area contributed by atoms with Crippen molar-refractivity contribution < 1.29 is 4.79 Å². The van der Waals surface area contributed by atoms with Crippen LogP contribution in [-0.4, -0.2) is 21.9 Å². The second-order valence-corrected chi connectivity index (χ2v) is 4.20. The number of carbonyl (C=O) groups excluding carboxylic acids is 1. The van der Waals surface area contributed by atoms with Gasteiger partial charge in [0.1, 0.15) is 0 Å². The predicted molar refractivity (Wildman–Crippen MR) is 44.8 cm³/mol. The van der Waals surface area contributed by atoms with Gasteiger partial charge in [-0.05, 0) is 5.41 Å². The first-order valence-electron chi connectivity index (χ1n) is 2.96. The Morgan fingerprint density at radius 2 is 2.00 bits per heavy atom. The molecular formula is C6H10INO. The second kappa shape index (κ2) is 2.11. The molecule has 0 N–H and O–H groups in total. The SMILES string of the molecule is CC1(C)CN(C(=O)I)C1. The number of hydrogen-bond donors (Lipinski definition) is 0. The molecule has 1 aliphatic rings. The molecule has 1 heterocycles. The van der Waals surface area contributed by atoms with Crippen LogP contribution >= 0.6 is 22.6 Å². The molecule has 2 nitrogen and oxygen atoms in total. The maximum atomic E-state index is 10.6. The minimum Gasteiger partial charge on any atom is -0.333 e. The summed E-state index contributed by atoms with van der Waals surface area (Å²) in [7, 11) is 0. The van der Waals surface area contributed by atoms with Crippen molar-refractivity contribution in [2.24, 2.45) is 5.41 Å². The van der Waals surface area contributed by atoms with E-state index in [1.165, 1.54) is 0 Å². The van der Waals surface area contributed by atoms with Gasteiger partial charge in [0, 0.05) is 35.7 Å². The summed E-state index contributed by atoms with van der Waals surface area (Å²) in [5.74, 6) is 0. The summed E-state index contributed by atoms with van der Waals surface area (Å²) in [6, 6.07) is 0. The van der Waals surface area contributed by atoms with Gasteiger partial charge in [0.2, 0.25) is 0 Å². The zero-order valence-electron chi connectivity index (χ0n) is 5.65. The largest absolute Gasteiger partial charge is 0.333 e. The van der Waals surface area contributed by atoms with Crippen LogP contribution in [0, 0.1) is 5.41 Å². The van der Waals surface area contributed by atoms with Crippen LogP contribution in [0.1, 0.15) is 13.8 Å². The van der Waals surface area contributed by atoms with E-state index < -0.39 is 0 Å². The van der Waals surface area contributed by atoms with Crippen molar-refractivity contribution in [3.63, 3.8) is 0 Å². The smallest absolute Gasteiger partial charge is 0.283 e. The van der Waals surface area contributed by atoms with Crippen LogP contribution in [0.25, 0.3) is 0 Å². The van der Waals surface area contributed by atoms with Crippen LogP contribution in [0.4, 0.5) is 4.79 Å². The van der Waals surface area contributed by atoms with E-state index >= 15 is 0 Å². The van der Waals surface area contributed by atoms with E-state index in [9.17, 15) is 4.79 Å². The first-order valence-corrected chi connectivity index (χ1v) is 4.04. The van der Waals surface area contributed by atoms with E-state index in [2.05, 4.69) is 13.8 Å². The van der Waals surface area contributed by atoms with E-state index in [4.69, 9.17) is 0 Å². The molecule has 9 heavy (non-hydrogen) atoms. The minimum absolute atomic E-state index is 0.173. The van der Waals surface area contributed by atoms with Crippen molar-refractivity contribution in [1.29, 1.82) is 0 Å². The standard InChI is InChI=1S/C6H10INO/c1-6(2)3-8(4-6)5(7)9/h3-4H2,1-2H3. The number of rotatable bonds is 0. The molecule has 0 aromatic heterocycles. The molecule has 1 rings (SSSR count). The van der Waals surface area contributed by atoms with Gasteiger partial charge in [-0.1, -0.05) is 13.8 Å². The summed E-state index contributed by atoms with van der Waals surface area (Å²) in [5.41, 5.74) is 0.376. The molecule has 3 heteroatoms. The molecule has 1 aliphatic heterocycles. The summed E-state index contributed by atoms with van der Waals surface area (Å²) in [6.45, 7) is 6.19. The maximum absolute atomic E-state index is 10.6. The average Bonchev–Trinajstić information content (AvgIpc) is 1.59. The molecule has 1 fully saturated rings. The van der Waals surface area contributed by atoms with Gasteiger partial charge in [-0.3, -0.25) is 4.79 Å².